The molecule has 2 saturated carbocycles. The molecular weight excluding hydrogens is 713 g/mol. The first kappa shape index (κ1) is 43.1. The number of anilines is 2. The van der Waals surface area contributed by atoms with Gasteiger partial charge in [0.05, 0.1) is 16.3 Å². The van der Waals surface area contributed by atoms with Crippen molar-refractivity contribution in [3.05, 3.63) is 60.8 Å². The van der Waals surface area contributed by atoms with Crippen molar-refractivity contribution in [2.75, 3.05) is 23.7 Å². The van der Waals surface area contributed by atoms with Gasteiger partial charge in [0.1, 0.15) is 5.82 Å². The van der Waals surface area contributed by atoms with Crippen molar-refractivity contribution in [3.63, 3.8) is 0 Å². The number of nitrogens with one attached hydrogen (secondary N) is 1. The van der Waals surface area contributed by atoms with Crippen LogP contribution in [0.5, 0.6) is 0 Å². The van der Waals surface area contributed by atoms with Gasteiger partial charge >= 0.3 is 5.69 Å². The Balaban J connectivity index is 0.000000672. The third-order valence-corrected chi connectivity index (χ3v) is 8.43. The molecule has 0 bridgehead atoms. The summed E-state index contributed by atoms with van der Waals surface area (Å²) >= 11 is 6.11. The lowest BCUT2D eigenvalue weighted by molar-refractivity contribution is -0.387. The minimum absolute atomic E-state index is 0. The zero-order valence-electron chi connectivity index (χ0n) is 25.8. The normalized spacial score (nSPS) is 15.2. The Labute approximate surface area is 286 Å². The minimum Gasteiger partial charge on any atom is -0.397 e. The summed E-state index contributed by atoms with van der Waals surface area (Å²) in [5, 5.41) is 13.7. The van der Waals surface area contributed by atoms with E-state index in [0.717, 1.165) is 43.5 Å². The van der Waals surface area contributed by atoms with Crippen LogP contribution in [0.25, 0.3) is 0 Å². The Morgan fingerprint density at radius 2 is 1.38 bits per heavy atom. The first-order valence-electron chi connectivity index (χ1n) is 15.3. The summed E-state index contributed by atoms with van der Waals surface area (Å²) < 4.78 is 40.3. The first-order valence-corrected chi connectivity index (χ1v) is 16.9. The Kier molecular flexibility index (Phi) is 21.0. The van der Waals surface area contributed by atoms with Crippen LogP contribution in [0.1, 0.15) is 107 Å². The van der Waals surface area contributed by atoms with E-state index in [1.165, 1.54) is 64.0 Å². The van der Waals surface area contributed by atoms with Crippen LogP contribution in [0.3, 0.4) is 0 Å². The number of nitrogens with two attached hydrogens (primary N) is 1. The van der Waals surface area contributed by atoms with Gasteiger partial charge in [-0.25, -0.2) is 8.78 Å². The Morgan fingerprint density at radius 3 is 1.87 bits per heavy atom. The highest BCUT2D eigenvalue weighted by Gasteiger charge is 2.26. The molecule has 0 amide bonds. The van der Waals surface area contributed by atoms with Gasteiger partial charge in [0.25, 0.3) is 0 Å². The second-order valence-electron chi connectivity index (χ2n) is 12.3. The van der Waals surface area contributed by atoms with Gasteiger partial charge in [0.2, 0.25) is 5.82 Å². The van der Waals surface area contributed by atoms with Crippen molar-refractivity contribution in [1.82, 2.24) is 5.32 Å². The van der Waals surface area contributed by atoms with Crippen LogP contribution in [0.2, 0.25) is 0 Å². The molecule has 45 heavy (non-hydrogen) atoms. The number of nitro groups is 1. The summed E-state index contributed by atoms with van der Waals surface area (Å²) in [5.74, 6) is -1.61. The third-order valence-electron chi connectivity index (χ3n) is 7.51. The lowest BCUT2D eigenvalue weighted by Gasteiger charge is -2.38. The van der Waals surface area contributed by atoms with Crippen molar-refractivity contribution in [2.45, 2.75) is 119 Å². The molecule has 0 aliphatic heterocycles. The van der Waals surface area contributed by atoms with Crippen LogP contribution in [0.4, 0.5) is 30.2 Å². The quantitative estimate of drug-likeness (QED) is 0.121. The molecule has 2 aromatic rings. The topological polar surface area (TPSA) is 84.4 Å². The van der Waals surface area contributed by atoms with Gasteiger partial charge < -0.3 is 16.0 Å². The Hall–Kier alpha value is -1.85. The third kappa shape index (κ3) is 15.1. The van der Waals surface area contributed by atoms with E-state index in [9.17, 15) is 23.3 Å². The first-order chi connectivity index (χ1) is 20.3. The van der Waals surface area contributed by atoms with Crippen LogP contribution in [-0.4, -0.2) is 30.1 Å². The summed E-state index contributed by atoms with van der Waals surface area (Å²) in [5.41, 5.74) is 6.34. The molecule has 0 heterocycles. The van der Waals surface area contributed by atoms with Crippen molar-refractivity contribution < 1.29 is 18.1 Å². The van der Waals surface area contributed by atoms with E-state index in [4.69, 9.17) is 5.73 Å². The molecule has 0 unspecified atom stereocenters. The standard InChI is InChI=1S/C16H24BrFN2.C10H21N.C6H2BrF2NO2.2CH4/c1-11(2)10-20(13-6-4-3-5-7-13)16-14(18)8-12(17)9-15(16)19;1-9(2)8-11-10-6-4-3-5-7-10;7-3-1-4(8)6(9)5(2-3)10(11)12;;/h8-9,11,13H,3-7,10,19H2,1-2H3;9-11H,3-8H2,1-2H3;1-2H;2*1H4. The van der Waals surface area contributed by atoms with E-state index in [1.807, 2.05) is 0 Å². The average molecular weight is 769 g/mol. The fraction of sp³-hybridized carbons (Fsp3) is 0.647. The predicted octanol–water partition coefficient (Wildman–Crippen LogP) is 11.4. The Morgan fingerprint density at radius 1 is 0.867 bits per heavy atom. The molecule has 0 atom stereocenters. The van der Waals surface area contributed by atoms with Gasteiger partial charge in [-0.1, -0.05) is 113 Å². The highest BCUT2D eigenvalue weighted by molar-refractivity contribution is 9.10. The molecule has 0 radical (unpaired) electrons. The van der Waals surface area contributed by atoms with Gasteiger partial charge in [-0.15, -0.1) is 0 Å². The molecule has 0 spiro atoms. The van der Waals surface area contributed by atoms with Crippen LogP contribution in [0.15, 0.2) is 33.2 Å². The maximum Gasteiger partial charge on any atom is 0.308 e. The number of rotatable bonds is 8. The molecule has 258 valence electrons. The van der Waals surface area contributed by atoms with Crippen molar-refractivity contribution >= 4 is 48.9 Å². The summed E-state index contributed by atoms with van der Waals surface area (Å²) in [7, 11) is 0. The smallest absolute Gasteiger partial charge is 0.308 e. The van der Waals surface area contributed by atoms with Gasteiger partial charge in [0, 0.05) is 33.6 Å². The molecule has 2 fully saturated rings. The van der Waals surface area contributed by atoms with Crippen LogP contribution in [0, 0.1) is 39.4 Å². The number of hydrogen-bond donors (Lipinski definition) is 2. The lowest BCUT2D eigenvalue weighted by atomic mass is 9.93. The molecule has 2 aliphatic rings. The van der Waals surface area contributed by atoms with Crippen molar-refractivity contribution in [3.8, 4) is 0 Å². The Bertz CT molecular complexity index is 1140. The zero-order chi connectivity index (χ0) is 32.1. The number of benzene rings is 2. The van der Waals surface area contributed by atoms with Crippen LogP contribution >= 0.6 is 31.9 Å². The highest BCUT2D eigenvalue weighted by Crippen LogP contribution is 2.36. The zero-order valence-corrected chi connectivity index (χ0v) is 29.0. The molecule has 3 N–H and O–H groups in total. The van der Waals surface area contributed by atoms with Crippen LogP contribution < -0.4 is 16.0 Å². The number of nitrogens with zero attached hydrogens (tertiary/aromatic N) is 2. The van der Waals surface area contributed by atoms with E-state index in [-0.39, 0.29) is 25.1 Å². The monoisotopic (exact) mass is 766 g/mol. The van der Waals surface area contributed by atoms with E-state index in [1.54, 1.807) is 6.07 Å². The number of halogens is 5. The van der Waals surface area contributed by atoms with Gasteiger partial charge in [-0.3, -0.25) is 10.1 Å². The van der Waals surface area contributed by atoms with E-state index >= 15 is 0 Å². The molecule has 2 aliphatic carbocycles. The summed E-state index contributed by atoms with van der Waals surface area (Å²) in [6, 6.07) is 6.30. The minimum atomic E-state index is -1.44. The maximum absolute atomic E-state index is 14.4. The van der Waals surface area contributed by atoms with Crippen molar-refractivity contribution in [1.29, 1.82) is 0 Å². The number of hydrogen-bond acceptors (Lipinski definition) is 5. The van der Waals surface area contributed by atoms with Crippen LogP contribution in [-0.2, 0) is 0 Å². The largest absolute Gasteiger partial charge is 0.397 e. The second-order valence-corrected chi connectivity index (χ2v) is 14.1. The van der Waals surface area contributed by atoms with Crippen molar-refractivity contribution in [2.24, 2.45) is 11.8 Å². The summed E-state index contributed by atoms with van der Waals surface area (Å²) in [4.78, 5) is 11.3. The fourth-order valence-corrected chi connectivity index (χ4v) is 6.35. The predicted molar refractivity (Wildman–Crippen MR) is 191 cm³/mol. The molecular formula is C34H55Br2F3N4O2. The van der Waals surface area contributed by atoms with E-state index < -0.39 is 22.2 Å². The second kappa shape index (κ2) is 21.9. The van der Waals surface area contributed by atoms with Gasteiger partial charge in [-0.05, 0) is 62.3 Å². The lowest BCUT2D eigenvalue weighted by Crippen LogP contribution is -2.40. The molecule has 4 rings (SSSR count). The summed E-state index contributed by atoms with van der Waals surface area (Å²) in [6.45, 7) is 10.9. The molecule has 2 aromatic carbocycles. The molecule has 6 nitrogen and oxygen atoms in total. The number of nitro benzene ring substituents is 1. The SMILES string of the molecule is C.C.CC(C)CN(c1c(N)cc(Br)cc1F)C1CCCCC1.CC(C)CNC1CCCCC1.O=[N+]([O-])c1cc(Br)cc(F)c1F. The van der Waals surface area contributed by atoms with E-state index in [2.05, 4.69) is 69.8 Å². The van der Waals surface area contributed by atoms with Gasteiger partial charge in [-0.2, -0.15) is 4.39 Å². The van der Waals surface area contributed by atoms with E-state index in [0.29, 0.717) is 27.8 Å². The average Bonchev–Trinajstić information content (AvgIpc) is 2.94. The summed E-state index contributed by atoms with van der Waals surface area (Å²) in [6.07, 6.45) is 13.2. The highest BCUT2D eigenvalue weighted by atomic mass is 79.9. The molecule has 0 saturated heterocycles. The molecule has 0 aromatic heterocycles. The van der Waals surface area contributed by atoms with Gasteiger partial charge in [0.15, 0.2) is 5.82 Å². The molecule has 11 heteroatoms. The maximum atomic E-state index is 14.4. The number of nitrogen functional groups attached to an aromatic ring is 1. The fourth-order valence-electron chi connectivity index (χ4n) is 5.48.